The fourth-order valence-corrected chi connectivity index (χ4v) is 1.27. The zero-order chi connectivity index (χ0) is 8.48. The fourth-order valence-electron chi connectivity index (χ4n) is 1.27. The molecule has 62 valence electrons. The molecule has 1 aliphatic heterocycles. The first-order chi connectivity index (χ1) is 5.07. The van der Waals surface area contributed by atoms with Crippen molar-refractivity contribution in [3.05, 3.63) is 0 Å². The van der Waals surface area contributed by atoms with Gasteiger partial charge in [-0.1, -0.05) is 0 Å². The summed E-state index contributed by atoms with van der Waals surface area (Å²) in [7, 11) is 1.40. The Balaban J connectivity index is 2.81. The van der Waals surface area contributed by atoms with Crippen LogP contribution in [-0.2, 0) is 4.79 Å². The number of hydrogen-bond acceptors (Lipinski definition) is 3. The quantitative estimate of drug-likeness (QED) is 0.445. The van der Waals surface area contributed by atoms with Gasteiger partial charge >= 0.3 is 5.91 Å². The molecule has 0 bridgehead atoms. The minimum atomic E-state index is -1.28. The van der Waals surface area contributed by atoms with Crippen molar-refractivity contribution < 1.29 is 19.2 Å². The Morgan fingerprint density at radius 2 is 2.18 bits per heavy atom. The summed E-state index contributed by atoms with van der Waals surface area (Å²) in [5.41, 5.74) is 0. The number of imide groups is 1. The van der Waals surface area contributed by atoms with Crippen molar-refractivity contribution in [1.29, 1.82) is 0 Å². The summed E-state index contributed by atoms with van der Waals surface area (Å²) in [4.78, 5) is 21.6. The zero-order valence-corrected chi connectivity index (χ0v) is 6.50. The predicted molar refractivity (Wildman–Crippen MR) is 35.3 cm³/mol. The number of carbonyl (C=O) groups is 2. The molecule has 0 aromatic rings. The van der Waals surface area contributed by atoms with E-state index < -0.39 is 10.6 Å². The molecule has 0 aromatic heterocycles. The van der Waals surface area contributed by atoms with Crippen LogP contribution in [0.2, 0.25) is 0 Å². The van der Waals surface area contributed by atoms with E-state index in [1.807, 2.05) is 0 Å². The van der Waals surface area contributed by atoms with E-state index in [9.17, 15) is 14.7 Å². The summed E-state index contributed by atoms with van der Waals surface area (Å²) in [6.45, 7) is 0.376. The van der Waals surface area contributed by atoms with Crippen molar-refractivity contribution in [2.75, 3.05) is 13.6 Å². The minimum Gasteiger partial charge on any atom is -0.498 e. The highest BCUT2D eigenvalue weighted by Gasteiger charge is 2.36. The van der Waals surface area contributed by atoms with Crippen LogP contribution in [-0.4, -0.2) is 30.1 Å². The van der Waals surface area contributed by atoms with Crippen LogP contribution >= 0.6 is 0 Å². The molecule has 4 nitrogen and oxygen atoms in total. The molecule has 0 saturated carbocycles. The summed E-state index contributed by atoms with van der Waals surface area (Å²) in [6, 6.07) is 0. The van der Waals surface area contributed by atoms with Crippen LogP contribution in [0, 0.1) is 0 Å². The molecule has 1 rings (SSSR count). The maximum absolute atomic E-state index is 11.1. The number of hydrogen-bond donors (Lipinski definition) is 0. The lowest BCUT2D eigenvalue weighted by atomic mass is 10.1. The number of carboxylic acid groups (broad SMARTS) is 1. The highest BCUT2D eigenvalue weighted by atomic mass is 16.4. The van der Waals surface area contributed by atoms with Gasteiger partial charge in [0.15, 0.2) is 0 Å². The number of carbonyl (C=O) groups excluding carboxylic acids is 2. The third-order valence-corrected chi connectivity index (χ3v) is 2.20. The van der Waals surface area contributed by atoms with Crippen molar-refractivity contribution in [2.24, 2.45) is 0 Å². The maximum Gasteiger partial charge on any atom is 0.319 e. The number of piperidine rings is 1. The fraction of sp³-hybridized carbons (Fsp3) is 0.714. The van der Waals surface area contributed by atoms with E-state index in [1.165, 1.54) is 7.05 Å². The van der Waals surface area contributed by atoms with E-state index in [-0.39, 0.29) is 5.91 Å². The first kappa shape index (κ1) is 8.20. The Morgan fingerprint density at radius 3 is 2.55 bits per heavy atom. The van der Waals surface area contributed by atoms with Gasteiger partial charge in [-0.3, -0.25) is 0 Å². The van der Waals surface area contributed by atoms with Gasteiger partial charge in [0.1, 0.15) is 0 Å². The Bertz CT molecular complexity index is 202. The van der Waals surface area contributed by atoms with Gasteiger partial charge in [0.25, 0.3) is 6.09 Å². The van der Waals surface area contributed by atoms with Crippen LogP contribution < -0.4 is 5.11 Å². The normalized spacial score (nSPS) is 31.9. The van der Waals surface area contributed by atoms with Crippen molar-refractivity contribution in [2.45, 2.75) is 19.3 Å². The average Bonchev–Trinajstić information content (AvgIpc) is 1.95. The molecule has 1 atom stereocenters. The van der Waals surface area contributed by atoms with Gasteiger partial charge < -0.3 is 9.90 Å². The van der Waals surface area contributed by atoms with Gasteiger partial charge in [-0.2, -0.15) is 0 Å². The number of amides is 2. The van der Waals surface area contributed by atoms with Gasteiger partial charge in [0, 0.05) is 0 Å². The first-order valence-electron chi connectivity index (χ1n) is 3.68. The lowest BCUT2D eigenvalue weighted by Crippen LogP contribution is -2.61. The molecule has 1 aliphatic rings. The third-order valence-electron chi connectivity index (χ3n) is 2.20. The van der Waals surface area contributed by atoms with E-state index in [4.69, 9.17) is 0 Å². The second kappa shape index (κ2) is 2.62. The molecule has 2 amide bonds. The molecule has 1 heterocycles. The highest BCUT2D eigenvalue weighted by molar-refractivity contribution is 5.79. The van der Waals surface area contributed by atoms with Crippen LogP contribution in [0.1, 0.15) is 19.3 Å². The van der Waals surface area contributed by atoms with Gasteiger partial charge in [-0.15, -0.1) is 0 Å². The number of nitrogens with zero attached hydrogens (tertiary/aromatic N) is 1. The predicted octanol–water partition coefficient (Wildman–Crippen LogP) is -0.513. The minimum absolute atomic E-state index is 0.240. The molecule has 11 heavy (non-hydrogen) atoms. The summed E-state index contributed by atoms with van der Waals surface area (Å²) >= 11 is 0. The van der Waals surface area contributed by atoms with E-state index >= 15 is 0 Å². The van der Waals surface area contributed by atoms with Gasteiger partial charge in [0.05, 0.1) is 20.0 Å². The van der Waals surface area contributed by atoms with Crippen LogP contribution in [0.4, 0.5) is 4.79 Å². The highest BCUT2D eigenvalue weighted by Crippen LogP contribution is 2.16. The van der Waals surface area contributed by atoms with E-state index in [1.54, 1.807) is 0 Å². The lowest BCUT2D eigenvalue weighted by molar-refractivity contribution is -0.788. The van der Waals surface area contributed by atoms with Gasteiger partial charge in [-0.25, -0.2) is 9.28 Å². The Kier molecular flexibility index (Phi) is 1.95. The Hall–Kier alpha value is -0.900. The molecule has 0 aliphatic carbocycles. The van der Waals surface area contributed by atoms with Crippen LogP contribution in [0.25, 0.3) is 0 Å². The number of rotatable bonds is 0. The maximum atomic E-state index is 11.1. The molecule has 0 spiro atoms. The largest absolute Gasteiger partial charge is 0.498 e. The monoisotopic (exact) mass is 157 g/mol. The third kappa shape index (κ3) is 1.26. The smallest absolute Gasteiger partial charge is 0.319 e. The standard InChI is InChI=1S/C7H11NO3/c1-8(7(10)11)5-3-2-4-6(8)9/h2-5H2,1H3. The molecule has 0 N–H and O–H groups in total. The summed E-state index contributed by atoms with van der Waals surface area (Å²) < 4.78 is -0.542. The molecule has 1 fully saturated rings. The molecular formula is C7H11NO3. The molecule has 1 saturated heterocycles. The van der Waals surface area contributed by atoms with Gasteiger partial charge in [0.2, 0.25) is 0 Å². The van der Waals surface area contributed by atoms with E-state index in [2.05, 4.69) is 0 Å². The summed E-state index contributed by atoms with van der Waals surface area (Å²) in [5.74, 6) is -0.240. The molecule has 0 radical (unpaired) electrons. The van der Waals surface area contributed by atoms with E-state index in [0.717, 1.165) is 12.8 Å². The Labute approximate surface area is 65.0 Å². The molecule has 4 heteroatoms. The second-order valence-corrected chi connectivity index (χ2v) is 3.03. The lowest BCUT2D eigenvalue weighted by Gasteiger charge is -2.33. The van der Waals surface area contributed by atoms with Crippen LogP contribution in [0.15, 0.2) is 0 Å². The van der Waals surface area contributed by atoms with Crippen molar-refractivity contribution >= 4 is 12.0 Å². The van der Waals surface area contributed by atoms with Crippen molar-refractivity contribution in [3.63, 3.8) is 0 Å². The molecule has 1 unspecified atom stereocenters. The summed E-state index contributed by atoms with van der Waals surface area (Å²) in [5, 5.41) is 10.5. The topological polar surface area (TPSA) is 57.2 Å². The molecular weight excluding hydrogens is 146 g/mol. The van der Waals surface area contributed by atoms with Crippen LogP contribution in [0.3, 0.4) is 0 Å². The SMILES string of the molecule is C[N+]1(C(=O)[O-])CCCCC1=O. The van der Waals surface area contributed by atoms with Crippen molar-refractivity contribution in [3.8, 4) is 0 Å². The number of quaternary nitrogens is 1. The molecule has 0 aromatic carbocycles. The zero-order valence-electron chi connectivity index (χ0n) is 6.50. The van der Waals surface area contributed by atoms with Crippen LogP contribution in [0.5, 0.6) is 0 Å². The van der Waals surface area contributed by atoms with E-state index in [0.29, 0.717) is 13.0 Å². The first-order valence-corrected chi connectivity index (χ1v) is 3.68. The van der Waals surface area contributed by atoms with Gasteiger partial charge in [-0.05, 0) is 12.8 Å². The Morgan fingerprint density at radius 1 is 1.55 bits per heavy atom. The second-order valence-electron chi connectivity index (χ2n) is 3.03. The average molecular weight is 157 g/mol. The number of likely N-dealkylation sites (tertiary alicyclic amines) is 1. The van der Waals surface area contributed by atoms with Crippen molar-refractivity contribution in [1.82, 2.24) is 0 Å². The summed E-state index contributed by atoms with van der Waals surface area (Å²) in [6.07, 6.45) is 0.676.